The minimum Gasteiger partial charge on any atom is -0.326 e. The summed E-state index contributed by atoms with van der Waals surface area (Å²) in [5.74, 6) is -0.0815. The first-order chi connectivity index (χ1) is 10.1. The van der Waals surface area contributed by atoms with E-state index in [4.69, 9.17) is 5.73 Å². The molecule has 0 amide bonds. The Kier molecular flexibility index (Phi) is 4.03. The Morgan fingerprint density at radius 3 is 2.76 bits per heavy atom. The second-order valence-corrected chi connectivity index (χ2v) is 7.80. The van der Waals surface area contributed by atoms with Gasteiger partial charge in [0.2, 0.25) is 10.0 Å². The van der Waals surface area contributed by atoms with Gasteiger partial charge in [-0.25, -0.2) is 12.8 Å². The lowest BCUT2D eigenvalue weighted by atomic mass is 9.94. The van der Waals surface area contributed by atoms with Gasteiger partial charge < -0.3 is 5.73 Å². The predicted octanol–water partition coefficient (Wildman–Crippen LogP) is 2.24. The van der Waals surface area contributed by atoms with E-state index in [1.807, 2.05) is 0 Å². The van der Waals surface area contributed by atoms with Crippen LogP contribution in [0.4, 0.5) is 4.39 Å². The third-order valence-corrected chi connectivity index (χ3v) is 6.82. The molecule has 0 aromatic heterocycles. The molecule has 116 valence electrons. The molecule has 4 nitrogen and oxygen atoms in total. The molecule has 2 N–H and O–H groups in total. The molecule has 21 heavy (non-hydrogen) atoms. The Hall–Kier alpha value is -0.980. The predicted molar refractivity (Wildman–Crippen MR) is 78.5 cm³/mol. The van der Waals surface area contributed by atoms with Crippen LogP contribution in [0.3, 0.4) is 0 Å². The quantitative estimate of drug-likeness (QED) is 0.931. The molecule has 0 spiro atoms. The van der Waals surface area contributed by atoms with Crippen LogP contribution in [0, 0.1) is 11.7 Å². The van der Waals surface area contributed by atoms with Crippen LogP contribution in [0.15, 0.2) is 23.1 Å². The van der Waals surface area contributed by atoms with Gasteiger partial charge in [0, 0.05) is 24.7 Å². The molecule has 1 heterocycles. The molecular weight excluding hydrogens is 291 g/mol. The van der Waals surface area contributed by atoms with Crippen LogP contribution in [-0.4, -0.2) is 25.3 Å². The van der Waals surface area contributed by atoms with E-state index in [1.54, 1.807) is 4.31 Å². The molecule has 2 atom stereocenters. The number of fused-ring (bicyclic) bond motifs is 1. The fourth-order valence-corrected chi connectivity index (χ4v) is 5.81. The number of hydrogen-bond acceptors (Lipinski definition) is 3. The molecule has 0 radical (unpaired) electrons. The molecule has 1 aliphatic carbocycles. The lowest BCUT2D eigenvalue weighted by Gasteiger charge is -2.37. The summed E-state index contributed by atoms with van der Waals surface area (Å²) in [6.07, 6.45) is 5.08. The largest absolute Gasteiger partial charge is 0.326 e. The number of nitrogens with two attached hydrogens (primary N) is 1. The minimum atomic E-state index is -3.67. The van der Waals surface area contributed by atoms with Gasteiger partial charge >= 0.3 is 0 Å². The van der Waals surface area contributed by atoms with Gasteiger partial charge in [-0.2, -0.15) is 4.31 Å². The molecule has 1 aliphatic heterocycles. The molecule has 1 aromatic rings. The lowest BCUT2D eigenvalue weighted by Crippen LogP contribution is -2.46. The molecule has 1 saturated carbocycles. The maximum Gasteiger partial charge on any atom is 0.243 e. The van der Waals surface area contributed by atoms with Crippen molar-refractivity contribution < 1.29 is 12.8 Å². The maximum absolute atomic E-state index is 13.9. The molecule has 1 saturated heterocycles. The average molecular weight is 312 g/mol. The third kappa shape index (κ3) is 2.49. The first kappa shape index (κ1) is 14.9. The Labute approximate surface area is 125 Å². The van der Waals surface area contributed by atoms with E-state index >= 15 is 0 Å². The number of benzene rings is 1. The number of sulfonamides is 1. The molecule has 0 bridgehead atoms. The number of halogens is 1. The minimum absolute atomic E-state index is 0.0394. The zero-order valence-electron chi connectivity index (χ0n) is 12.0. The van der Waals surface area contributed by atoms with Gasteiger partial charge in [0.15, 0.2) is 0 Å². The first-order valence-corrected chi connectivity index (χ1v) is 8.99. The summed E-state index contributed by atoms with van der Waals surface area (Å²) in [6, 6.07) is 4.25. The second-order valence-electron chi connectivity index (χ2n) is 5.94. The van der Waals surface area contributed by atoms with Crippen molar-refractivity contribution in [1.82, 2.24) is 4.31 Å². The SMILES string of the molecule is NCc1c(F)cccc1S(=O)(=O)N1CCCC2CCCC21. The highest BCUT2D eigenvalue weighted by Gasteiger charge is 2.41. The van der Waals surface area contributed by atoms with E-state index < -0.39 is 15.8 Å². The smallest absolute Gasteiger partial charge is 0.243 e. The van der Waals surface area contributed by atoms with E-state index in [0.717, 1.165) is 32.1 Å². The second kappa shape index (κ2) is 5.66. The standard InChI is InChI=1S/C15H21FN2O2S/c16-13-6-2-8-15(12(13)10-17)21(19,20)18-9-3-5-11-4-1-7-14(11)18/h2,6,8,11,14H,1,3-5,7,9-10,17H2. The van der Waals surface area contributed by atoms with Crippen LogP contribution in [0.1, 0.15) is 37.7 Å². The van der Waals surface area contributed by atoms with E-state index in [2.05, 4.69) is 0 Å². The van der Waals surface area contributed by atoms with Gasteiger partial charge in [-0.3, -0.25) is 0 Å². The molecule has 2 aliphatic rings. The van der Waals surface area contributed by atoms with Crippen molar-refractivity contribution in [2.24, 2.45) is 11.7 Å². The molecule has 2 fully saturated rings. The van der Waals surface area contributed by atoms with Crippen molar-refractivity contribution in [2.75, 3.05) is 6.54 Å². The van der Waals surface area contributed by atoms with E-state index in [-0.39, 0.29) is 23.0 Å². The van der Waals surface area contributed by atoms with Gasteiger partial charge in [0.05, 0.1) is 4.90 Å². The molecule has 2 unspecified atom stereocenters. The molecular formula is C15H21FN2O2S. The summed E-state index contributed by atoms with van der Waals surface area (Å²) >= 11 is 0. The van der Waals surface area contributed by atoms with Crippen molar-refractivity contribution in [1.29, 1.82) is 0 Å². The number of hydrogen-bond donors (Lipinski definition) is 1. The molecule has 6 heteroatoms. The Bertz CT molecular complexity index is 633. The highest BCUT2D eigenvalue weighted by atomic mass is 32.2. The number of piperidine rings is 1. The van der Waals surface area contributed by atoms with Crippen LogP contribution < -0.4 is 5.73 Å². The zero-order valence-corrected chi connectivity index (χ0v) is 12.8. The Morgan fingerprint density at radius 2 is 2.00 bits per heavy atom. The van der Waals surface area contributed by atoms with E-state index in [1.165, 1.54) is 18.2 Å². The summed E-state index contributed by atoms with van der Waals surface area (Å²) in [5.41, 5.74) is 5.66. The van der Waals surface area contributed by atoms with Gasteiger partial charge in [-0.15, -0.1) is 0 Å². The summed E-state index contributed by atoms with van der Waals surface area (Å²) < 4.78 is 41.4. The average Bonchev–Trinajstić information content (AvgIpc) is 2.95. The summed E-state index contributed by atoms with van der Waals surface area (Å²) in [5, 5.41) is 0. The van der Waals surface area contributed by atoms with Crippen molar-refractivity contribution in [3.05, 3.63) is 29.6 Å². The fourth-order valence-electron chi connectivity index (χ4n) is 3.81. The van der Waals surface area contributed by atoms with Gasteiger partial charge in [-0.1, -0.05) is 12.5 Å². The van der Waals surface area contributed by atoms with Crippen LogP contribution in [0.2, 0.25) is 0 Å². The van der Waals surface area contributed by atoms with E-state index in [0.29, 0.717) is 12.5 Å². The Morgan fingerprint density at radius 1 is 1.24 bits per heavy atom. The summed E-state index contributed by atoms with van der Waals surface area (Å²) in [4.78, 5) is 0.0394. The van der Waals surface area contributed by atoms with Gasteiger partial charge in [-0.05, 0) is 43.7 Å². The third-order valence-electron chi connectivity index (χ3n) is 4.81. The first-order valence-electron chi connectivity index (χ1n) is 7.55. The van der Waals surface area contributed by atoms with Gasteiger partial charge in [0.1, 0.15) is 5.82 Å². The van der Waals surface area contributed by atoms with Crippen LogP contribution in [-0.2, 0) is 16.6 Å². The highest BCUT2D eigenvalue weighted by molar-refractivity contribution is 7.89. The fraction of sp³-hybridized carbons (Fsp3) is 0.600. The highest BCUT2D eigenvalue weighted by Crippen LogP contribution is 2.39. The molecule has 3 rings (SSSR count). The number of rotatable bonds is 3. The normalized spacial score (nSPS) is 26.8. The maximum atomic E-state index is 13.9. The number of nitrogens with zero attached hydrogens (tertiary/aromatic N) is 1. The van der Waals surface area contributed by atoms with Crippen molar-refractivity contribution in [2.45, 2.75) is 49.6 Å². The van der Waals surface area contributed by atoms with Crippen molar-refractivity contribution >= 4 is 10.0 Å². The zero-order chi connectivity index (χ0) is 15.0. The monoisotopic (exact) mass is 312 g/mol. The van der Waals surface area contributed by atoms with Crippen molar-refractivity contribution in [3.63, 3.8) is 0 Å². The Balaban J connectivity index is 2.02. The summed E-state index contributed by atoms with van der Waals surface area (Å²) in [6.45, 7) is 0.424. The van der Waals surface area contributed by atoms with E-state index in [9.17, 15) is 12.8 Å². The summed E-state index contributed by atoms with van der Waals surface area (Å²) in [7, 11) is -3.67. The van der Waals surface area contributed by atoms with Gasteiger partial charge in [0.25, 0.3) is 0 Å². The molecule has 1 aromatic carbocycles. The van der Waals surface area contributed by atoms with Crippen LogP contribution in [0.5, 0.6) is 0 Å². The van der Waals surface area contributed by atoms with Crippen LogP contribution in [0.25, 0.3) is 0 Å². The lowest BCUT2D eigenvalue weighted by molar-refractivity contribution is 0.202. The van der Waals surface area contributed by atoms with Crippen LogP contribution >= 0.6 is 0 Å². The topological polar surface area (TPSA) is 63.4 Å². The van der Waals surface area contributed by atoms with Crippen molar-refractivity contribution in [3.8, 4) is 0 Å².